The maximum atomic E-state index is 11.4. The van der Waals surface area contributed by atoms with Crippen LogP contribution < -0.4 is 0 Å². The Morgan fingerprint density at radius 3 is 1.53 bits per heavy atom. The minimum Gasteiger partial charge on any atom is -0.299 e. The molecule has 0 bridgehead atoms. The highest BCUT2D eigenvalue weighted by atomic mass is 32.2. The maximum Gasteiger partial charge on any atom is 0.142 e. The average molecular weight is 228 g/mol. The fraction of sp³-hybridized carbons (Fsp3) is 0.833. The van der Waals surface area contributed by atoms with Crippen LogP contribution in [0.4, 0.5) is 0 Å². The number of carbonyl (C=O) groups is 2. The van der Waals surface area contributed by atoms with Gasteiger partial charge in [-0.2, -0.15) is 0 Å². The molecule has 2 nitrogen and oxygen atoms in total. The van der Waals surface area contributed by atoms with E-state index in [1.807, 2.05) is 0 Å². The van der Waals surface area contributed by atoms with Gasteiger partial charge >= 0.3 is 0 Å². The van der Waals surface area contributed by atoms with E-state index in [9.17, 15) is 9.59 Å². The molecule has 15 heavy (non-hydrogen) atoms. The molecule has 1 aliphatic heterocycles. The van der Waals surface area contributed by atoms with Gasteiger partial charge in [-0.15, -0.1) is 11.8 Å². The second-order valence-electron chi connectivity index (χ2n) is 4.19. The zero-order valence-electron chi connectivity index (χ0n) is 9.30. The molecule has 1 heterocycles. The molecule has 0 atom stereocenters. The van der Waals surface area contributed by atoms with Gasteiger partial charge < -0.3 is 0 Å². The van der Waals surface area contributed by atoms with Crippen molar-refractivity contribution >= 4 is 23.3 Å². The topological polar surface area (TPSA) is 34.1 Å². The van der Waals surface area contributed by atoms with E-state index in [0.29, 0.717) is 35.9 Å². The van der Waals surface area contributed by atoms with Crippen molar-refractivity contribution in [3.63, 3.8) is 0 Å². The molecule has 1 fully saturated rings. The molecule has 0 amide bonds. The van der Waals surface area contributed by atoms with E-state index in [-0.39, 0.29) is 0 Å². The highest BCUT2D eigenvalue weighted by molar-refractivity contribution is 8.00. The molecule has 0 N–H and O–H groups in total. The van der Waals surface area contributed by atoms with Crippen LogP contribution in [0.3, 0.4) is 0 Å². The van der Waals surface area contributed by atoms with Gasteiger partial charge in [0.05, 0.1) is 11.5 Å². The third kappa shape index (κ3) is 6.72. The Morgan fingerprint density at radius 2 is 1.07 bits per heavy atom. The zero-order valence-corrected chi connectivity index (χ0v) is 10.1. The van der Waals surface area contributed by atoms with E-state index in [4.69, 9.17) is 0 Å². The predicted octanol–water partition coefficient (Wildman–Crippen LogP) is 2.99. The van der Waals surface area contributed by atoms with Gasteiger partial charge in [-0.25, -0.2) is 0 Å². The minimum atomic E-state index is 0.312. The highest BCUT2D eigenvalue weighted by Crippen LogP contribution is 2.13. The van der Waals surface area contributed by atoms with Gasteiger partial charge in [0.2, 0.25) is 0 Å². The number of thioether (sulfide) groups is 1. The second kappa shape index (κ2) is 7.91. The van der Waals surface area contributed by atoms with Crippen molar-refractivity contribution in [3.8, 4) is 0 Å². The Bertz CT molecular complexity index is 192. The molecular formula is C12H20O2S. The van der Waals surface area contributed by atoms with E-state index in [1.165, 1.54) is 37.4 Å². The van der Waals surface area contributed by atoms with Gasteiger partial charge in [0.1, 0.15) is 11.6 Å². The number of Topliss-reactive ketones (excluding diaryl/α,β-unsaturated/α-hetero) is 2. The SMILES string of the molecule is O=C1CCCCCCCCC(=O)CSC1. The highest BCUT2D eigenvalue weighted by Gasteiger charge is 2.07. The van der Waals surface area contributed by atoms with Gasteiger partial charge in [0, 0.05) is 12.8 Å². The summed E-state index contributed by atoms with van der Waals surface area (Å²) in [5.74, 6) is 1.69. The summed E-state index contributed by atoms with van der Waals surface area (Å²) in [4.78, 5) is 22.7. The van der Waals surface area contributed by atoms with Crippen LogP contribution in [0.2, 0.25) is 0 Å². The van der Waals surface area contributed by atoms with Crippen molar-refractivity contribution in [2.75, 3.05) is 11.5 Å². The summed E-state index contributed by atoms with van der Waals surface area (Å²) < 4.78 is 0. The lowest BCUT2D eigenvalue weighted by Crippen LogP contribution is -2.06. The molecular weight excluding hydrogens is 208 g/mol. The molecule has 86 valence electrons. The summed E-state index contributed by atoms with van der Waals surface area (Å²) >= 11 is 1.49. The van der Waals surface area contributed by atoms with Gasteiger partial charge in [0.25, 0.3) is 0 Å². The van der Waals surface area contributed by atoms with E-state index in [0.717, 1.165) is 12.8 Å². The van der Waals surface area contributed by atoms with E-state index >= 15 is 0 Å². The molecule has 0 aromatic rings. The Balaban J connectivity index is 2.27. The molecule has 0 radical (unpaired) electrons. The van der Waals surface area contributed by atoms with Crippen molar-refractivity contribution < 1.29 is 9.59 Å². The van der Waals surface area contributed by atoms with Gasteiger partial charge in [-0.1, -0.05) is 25.7 Å². The first-order valence-electron chi connectivity index (χ1n) is 5.90. The summed E-state index contributed by atoms with van der Waals surface area (Å²) in [6, 6.07) is 0. The molecule has 0 unspecified atom stereocenters. The summed E-state index contributed by atoms with van der Waals surface area (Å²) in [6.07, 6.45) is 8.26. The Hall–Kier alpha value is -0.310. The lowest BCUT2D eigenvalue weighted by molar-refractivity contribution is -0.117. The van der Waals surface area contributed by atoms with Crippen molar-refractivity contribution in [2.45, 2.75) is 51.4 Å². The van der Waals surface area contributed by atoms with Crippen molar-refractivity contribution in [1.82, 2.24) is 0 Å². The minimum absolute atomic E-state index is 0.312. The van der Waals surface area contributed by atoms with E-state index in [1.54, 1.807) is 0 Å². The molecule has 0 aromatic heterocycles. The van der Waals surface area contributed by atoms with Crippen LogP contribution in [-0.2, 0) is 9.59 Å². The largest absolute Gasteiger partial charge is 0.299 e. The number of rotatable bonds is 0. The predicted molar refractivity (Wildman–Crippen MR) is 64.3 cm³/mol. The number of hydrogen-bond donors (Lipinski definition) is 0. The maximum absolute atomic E-state index is 11.4. The average Bonchev–Trinajstić information content (AvgIpc) is 2.22. The first kappa shape index (κ1) is 12.8. The smallest absolute Gasteiger partial charge is 0.142 e. The molecule has 1 rings (SSSR count). The molecule has 0 aromatic carbocycles. The quantitative estimate of drug-likeness (QED) is 0.639. The lowest BCUT2D eigenvalue weighted by Gasteiger charge is -1.99. The van der Waals surface area contributed by atoms with Crippen molar-refractivity contribution in [1.29, 1.82) is 0 Å². The normalized spacial score (nSPS) is 22.7. The third-order valence-electron chi connectivity index (χ3n) is 2.69. The second-order valence-corrected chi connectivity index (χ2v) is 5.18. The summed E-state index contributed by atoms with van der Waals surface area (Å²) in [5, 5.41) is 0. The summed E-state index contributed by atoms with van der Waals surface area (Å²) in [7, 11) is 0. The number of ketones is 2. The first-order chi connectivity index (χ1) is 7.29. The molecule has 0 aliphatic carbocycles. The monoisotopic (exact) mass is 228 g/mol. The standard InChI is InChI=1S/C12H20O2S/c13-11-7-5-3-1-2-4-6-8-12(14)10-15-9-11/h1-10H2. The van der Waals surface area contributed by atoms with Gasteiger partial charge in [-0.3, -0.25) is 9.59 Å². The van der Waals surface area contributed by atoms with Gasteiger partial charge in [-0.05, 0) is 12.8 Å². The van der Waals surface area contributed by atoms with Gasteiger partial charge in [0.15, 0.2) is 0 Å². The molecule has 1 aliphatic rings. The van der Waals surface area contributed by atoms with Crippen LogP contribution >= 0.6 is 11.8 Å². The van der Waals surface area contributed by atoms with Crippen LogP contribution in [-0.4, -0.2) is 23.1 Å². The summed E-state index contributed by atoms with van der Waals surface area (Å²) in [5.41, 5.74) is 0. The van der Waals surface area contributed by atoms with E-state index < -0.39 is 0 Å². The van der Waals surface area contributed by atoms with E-state index in [2.05, 4.69) is 0 Å². The molecule has 0 spiro atoms. The molecule has 1 saturated heterocycles. The van der Waals surface area contributed by atoms with Crippen LogP contribution in [0.1, 0.15) is 51.4 Å². The van der Waals surface area contributed by atoms with Crippen molar-refractivity contribution in [2.24, 2.45) is 0 Å². The van der Waals surface area contributed by atoms with Crippen LogP contribution in [0.25, 0.3) is 0 Å². The number of hydrogen-bond acceptors (Lipinski definition) is 3. The Morgan fingerprint density at radius 1 is 0.667 bits per heavy atom. The van der Waals surface area contributed by atoms with Crippen LogP contribution in [0, 0.1) is 0 Å². The zero-order chi connectivity index (χ0) is 10.9. The fourth-order valence-electron chi connectivity index (χ4n) is 1.77. The first-order valence-corrected chi connectivity index (χ1v) is 7.05. The lowest BCUT2D eigenvalue weighted by atomic mass is 10.1. The van der Waals surface area contributed by atoms with Crippen LogP contribution in [0.15, 0.2) is 0 Å². The fourth-order valence-corrected chi connectivity index (χ4v) is 2.62. The number of carbonyl (C=O) groups excluding carboxylic acids is 2. The summed E-state index contributed by atoms with van der Waals surface area (Å²) in [6.45, 7) is 0. The van der Waals surface area contributed by atoms with Crippen LogP contribution in [0.5, 0.6) is 0 Å². The molecule has 3 heteroatoms. The third-order valence-corrected chi connectivity index (χ3v) is 3.74. The van der Waals surface area contributed by atoms with Crippen molar-refractivity contribution in [3.05, 3.63) is 0 Å². The Kier molecular flexibility index (Phi) is 6.73. The molecule has 0 saturated carbocycles. The Labute approximate surface area is 96.2 Å².